The Kier molecular flexibility index (Phi) is 6.23. The van der Waals surface area contributed by atoms with Gasteiger partial charge in [-0.3, -0.25) is 4.79 Å². The summed E-state index contributed by atoms with van der Waals surface area (Å²) in [6, 6.07) is 0. The molecule has 4 aliphatic rings. The molecule has 2 aliphatic heterocycles. The van der Waals surface area contributed by atoms with Gasteiger partial charge in [0.05, 0.1) is 30.7 Å². The van der Waals surface area contributed by atoms with Crippen molar-refractivity contribution in [3.05, 3.63) is 11.6 Å². The maximum Gasteiger partial charge on any atom is 0.331 e. The van der Waals surface area contributed by atoms with Crippen LogP contribution in [-0.2, 0) is 23.8 Å². The Morgan fingerprint density at radius 2 is 2.12 bits per heavy atom. The maximum absolute atomic E-state index is 12.7. The summed E-state index contributed by atoms with van der Waals surface area (Å²) in [7, 11) is 0. The number of carbonyl (C=O) groups is 2. The number of aliphatic hydroxyl groups excluding tert-OH is 2. The molecule has 0 aromatic carbocycles. The van der Waals surface area contributed by atoms with Crippen molar-refractivity contribution in [2.75, 3.05) is 19.8 Å². The number of ether oxygens (including phenoxy) is 3. The van der Waals surface area contributed by atoms with E-state index in [0.29, 0.717) is 31.4 Å². The minimum atomic E-state index is -0.714. The third-order valence-electron chi connectivity index (χ3n) is 9.39. The largest absolute Gasteiger partial charge is 0.458 e. The first-order valence-corrected chi connectivity index (χ1v) is 12.1. The van der Waals surface area contributed by atoms with Crippen molar-refractivity contribution in [1.29, 1.82) is 0 Å². The molecule has 0 aromatic rings. The molecule has 1 saturated heterocycles. The van der Waals surface area contributed by atoms with Gasteiger partial charge in [-0.1, -0.05) is 34.1 Å². The molecule has 2 heterocycles. The summed E-state index contributed by atoms with van der Waals surface area (Å²) in [5.41, 5.74) is -0.809. The van der Waals surface area contributed by atoms with E-state index in [1.807, 2.05) is 13.8 Å². The van der Waals surface area contributed by atoms with Crippen LogP contribution in [0.2, 0.25) is 0 Å². The molecule has 2 saturated carbocycles. The second kappa shape index (κ2) is 8.41. The first kappa shape index (κ1) is 23.7. The molecule has 0 bridgehead atoms. The van der Waals surface area contributed by atoms with Gasteiger partial charge in [0.15, 0.2) is 0 Å². The molecular formula is C25H38O7. The van der Waals surface area contributed by atoms with Gasteiger partial charge in [0.25, 0.3) is 0 Å². The van der Waals surface area contributed by atoms with E-state index in [1.165, 1.54) is 6.08 Å². The lowest BCUT2D eigenvalue weighted by atomic mass is 9.43. The Morgan fingerprint density at radius 3 is 2.69 bits per heavy atom. The van der Waals surface area contributed by atoms with Crippen LogP contribution in [0.15, 0.2) is 11.6 Å². The van der Waals surface area contributed by atoms with Crippen LogP contribution < -0.4 is 0 Å². The number of rotatable bonds is 7. The molecule has 0 amide bonds. The van der Waals surface area contributed by atoms with Gasteiger partial charge in [-0.25, -0.2) is 4.79 Å². The smallest absolute Gasteiger partial charge is 0.331 e. The van der Waals surface area contributed by atoms with Gasteiger partial charge in [0, 0.05) is 11.6 Å². The molecule has 32 heavy (non-hydrogen) atoms. The lowest BCUT2D eigenvalue weighted by molar-refractivity contribution is -0.217. The first-order chi connectivity index (χ1) is 15.1. The number of aliphatic hydroxyl groups is 2. The van der Waals surface area contributed by atoms with Crippen LogP contribution in [0.4, 0.5) is 0 Å². The number of fused-ring (bicyclic) bond motifs is 2. The topological polar surface area (TPSA) is 106 Å². The zero-order valence-corrected chi connectivity index (χ0v) is 19.8. The van der Waals surface area contributed by atoms with E-state index in [9.17, 15) is 19.8 Å². The molecule has 0 radical (unpaired) electrons. The first-order valence-electron chi connectivity index (χ1n) is 12.1. The van der Waals surface area contributed by atoms with Crippen LogP contribution >= 0.6 is 0 Å². The lowest BCUT2D eigenvalue weighted by Gasteiger charge is -2.62. The third kappa shape index (κ3) is 3.51. The second-order valence-corrected chi connectivity index (χ2v) is 10.9. The fraction of sp³-hybridized carbons (Fsp3) is 0.840. The van der Waals surface area contributed by atoms with E-state index in [-0.39, 0.29) is 42.4 Å². The molecular weight excluding hydrogens is 412 g/mol. The number of esters is 2. The summed E-state index contributed by atoms with van der Waals surface area (Å²) in [6.45, 7) is 8.71. The lowest BCUT2D eigenvalue weighted by Crippen LogP contribution is -2.66. The van der Waals surface area contributed by atoms with Crippen LogP contribution in [0.5, 0.6) is 0 Å². The molecule has 180 valence electrons. The molecule has 3 fully saturated rings. The highest BCUT2D eigenvalue weighted by Crippen LogP contribution is 2.68. The quantitative estimate of drug-likeness (QED) is 0.454. The summed E-state index contributed by atoms with van der Waals surface area (Å²) >= 11 is 0. The fourth-order valence-corrected chi connectivity index (χ4v) is 6.86. The van der Waals surface area contributed by atoms with Gasteiger partial charge in [-0.2, -0.15) is 0 Å². The van der Waals surface area contributed by atoms with Gasteiger partial charge in [0.1, 0.15) is 18.3 Å². The zero-order valence-electron chi connectivity index (χ0n) is 19.8. The van der Waals surface area contributed by atoms with Crippen LogP contribution in [0.3, 0.4) is 0 Å². The summed E-state index contributed by atoms with van der Waals surface area (Å²) in [4.78, 5) is 24.6. The van der Waals surface area contributed by atoms with Crippen molar-refractivity contribution < 1.29 is 34.0 Å². The number of epoxide rings is 1. The van der Waals surface area contributed by atoms with Gasteiger partial charge < -0.3 is 24.4 Å². The van der Waals surface area contributed by atoms with E-state index in [4.69, 9.17) is 14.2 Å². The standard InChI is InChI=1S/C25H38O7/c1-5-15(2)22(29)32-18(17-10-21(28)30-12-17)11-23(4)16(3)9-20(27)25(13-26)19(23)7-6-8-24(25)14-31-24/h10,15-16,18-20,26-27H,5-9,11-14H2,1-4H3/t15-,16+,18-,19+,20-,23-,24?,25-/m0/s1. The molecule has 4 rings (SSSR count). The normalized spacial score (nSPS) is 42.6. The Balaban J connectivity index is 1.69. The summed E-state index contributed by atoms with van der Waals surface area (Å²) in [5.74, 6) is -0.764. The van der Waals surface area contributed by atoms with Crippen LogP contribution in [0, 0.1) is 28.6 Å². The maximum atomic E-state index is 12.7. The molecule has 8 atom stereocenters. The molecule has 1 unspecified atom stereocenters. The summed E-state index contributed by atoms with van der Waals surface area (Å²) < 4.78 is 17.1. The SMILES string of the molecule is CC[C@H](C)C(=O)O[C@@H](C[C@@]1(C)[C@H](C)C[C@H](O)[C@]2(CO)[C@@H]1CCCC21CO1)C1=CC(=O)OC1. The monoisotopic (exact) mass is 450 g/mol. The molecule has 2 aliphatic carbocycles. The van der Waals surface area contributed by atoms with Gasteiger partial charge in [-0.15, -0.1) is 0 Å². The van der Waals surface area contributed by atoms with Crippen molar-refractivity contribution >= 4 is 11.9 Å². The minimum Gasteiger partial charge on any atom is -0.458 e. The average Bonchev–Trinajstić information content (AvgIpc) is 3.40. The third-order valence-corrected chi connectivity index (χ3v) is 9.39. The molecule has 1 spiro atoms. The number of cyclic esters (lactones) is 1. The van der Waals surface area contributed by atoms with Gasteiger partial charge in [-0.05, 0) is 49.4 Å². The predicted octanol–water partition coefficient (Wildman–Crippen LogP) is 2.77. The second-order valence-electron chi connectivity index (χ2n) is 10.9. The predicted molar refractivity (Wildman–Crippen MR) is 116 cm³/mol. The highest BCUT2D eigenvalue weighted by molar-refractivity contribution is 5.85. The van der Waals surface area contributed by atoms with E-state index in [2.05, 4.69) is 13.8 Å². The van der Waals surface area contributed by atoms with E-state index < -0.39 is 29.2 Å². The summed E-state index contributed by atoms with van der Waals surface area (Å²) in [5, 5.41) is 21.9. The number of hydrogen-bond donors (Lipinski definition) is 2. The van der Waals surface area contributed by atoms with Crippen LogP contribution in [-0.4, -0.2) is 59.8 Å². The zero-order chi connectivity index (χ0) is 23.3. The van der Waals surface area contributed by atoms with Crippen molar-refractivity contribution in [1.82, 2.24) is 0 Å². The highest BCUT2D eigenvalue weighted by Gasteiger charge is 2.73. The Morgan fingerprint density at radius 1 is 1.41 bits per heavy atom. The number of hydrogen-bond acceptors (Lipinski definition) is 7. The Bertz CT molecular complexity index is 787. The van der Waals surface area contributed by atoms with Crippen molar-refractivity contribution in [2.45, 2.75) is 84.0 Å². The Labute approximate surface area is 190 Å². The van der Waals surface area contributed by atoms with Crippen LogP contribution in [0.25, 0.3) is 0 Å². The average molecular weight is 451 g/mol. The fourth-order valence-electron chi connectivity index (χ4n) is 6.86. The van der Waals surface area contributed by atoms with E-state index >= 15 is 0 Å². The molecule has 7 heteroatoms. The van der Waals surface area contributed by atoms with Gasteiger partial charge in [0.2, 0.25) is 0 Å². The van der Waals surface area contributed by atoms with Crippen molar-refractivity contribution in [2.24, 2.45) is 28.6 Å². The van der Waals surface area contributed by atoms with Gasteiger partial charge >= 0.3 is 11.9 Å². The van der Waals surface area contributed by atoms with E-state index in [0.717, 1.165) is 19.3 Å². The summed E-state index contributed by atoms with van der Waals surface area (Å²) in [6.07, 6.45) is 4.70. The molecule has 0 aromatic heterocycles. The molecule has 7 nitrogen and oxygen atoms in total. The molecule has 2 N–H and O–H groups in total. The van der Waals surface area contributed by atoms with Crippen LogP contribution in [0.1, 0.15) is 66.2 Å². The highest BCUT2D eigenvalue weighted by atomic mass is 16.6. The minimum absolute atomic E-state index is 0.0124. The number of carbonyl (C=O) groups excluding carboxylic acids is 2. The van der Waals surface area contributed by atoms with E-state index in [1.54, 1.807) is 0 Å². The van der Waals surface area contributed by atoms with Crippen molar-refractivity contribution in [3.8, 4) is 0 Å². The Hall–Kier alpha value is -1.44. The van der Waals surface area contributed by atoms with Crippen molar-refractivity contribution in [3.63, 3.8) is 0 Å².